The van der Waals surface area contributed by atoms with Gasteiger partial charge >= 0.3 is 11.9 Å². The number of hydrogen-bond acceptors (Lipinski definition) is 7. The Morgan fingerprint density at radius 3 is 2.37 bits per heavy atom. The number of esters is 2. The number of nitrogens with zero attached hydrogens (tertiary/aromatic N) is 2. The SMILES string of the molecule is CCCOC(=O)c1ccc(Cn2cnc3sc(C(=O)OCCc4ccccc4)c(C)c3c2=O)cc1. The van der Waals surface area contributed by atoms with Crippen LogP contribution in [-0.4, -0.2) is 34.7 Å². The molecule has 0 aliphatic carbocycles. The van der Waals surface area contributed by atoms with Crippen LogP contribution in [-0.2, 0) is 22.4 Å². The van der Waals surface area contributed by atoms with Gasteiger partial charge in [-0.3, -0.25) is 9.36 Å². The van der Waals surface area contributed by atoms with Crippen molar-refractivity contribution in [2.24, 2.45) is 0 Å². The van der Waals surface area contributed by atoms with Crippen LogP contribution in [0.4, 0.5) is 0 Å². The Labute approximate surface area is 207 Å². The van der Waals surface area contributed by atoms with Crippen LogP contribution in [0.1, 0.15) is 50.1 Å². The number of benzene rings is 2. The summed E-state index contributed by atoms with van der Waals surface area (Å²) in [5, 5.41) is 0.423. The molecule has 0 aliphatic heterocycles. The van der Waals surface area contributed by atoms with Crippen LogP contribution < -0.4 is 5.56 Å². The number of aromatic nitrogens is 2. The highest BCUT2D eigenvalue weighted by Gasteiger charge is 2.20. The molecule has 2 aromatic heterocycles. The average molecular weight is 491 g/mol. The molecule has 0 N–H and O–H groups in total. The van der Waals surface area contributed by atoms with Gasteiger partial charge in [0.1, 0.15) is 9.71 Å². The lowest BCUT2D eigenvalue weighted by Gasteiger charge is -2.07. The van der Waals surface area contributed by atoms with Gasteiger partial charge in [0.15, 0.2) is 0 Å². The van der Waals surface area contributed by atoms with E-state index in [1.807, 2.05) is 37.3 Å². The smallest absolute Gasteiger partial charge is 0.348 e. The van der Waals surface area contributed by atoms with Crippen molar-refractivity contribution >= 4 is 33.5 Å². The van der Waals surface area contributed by atoms with E-state index in [1.165, 1.54) is 22.2 Å². The maximum absolute atomic E-state index is 13.2. The van der Waals surface area contributed by atoms with Crippen LogP contribution in [0.2, 0.25) is 0 Å². The summed E-state index contributed by atoms with van der Waals surface area (Å²) in [7, 11) is 0. The lowest BCUT2D eigenvalue weighted by Crippen LogP contribution is -2.21. The van der Waals surface area contributed by atoms with Gasteiger partial charge in [-0.2, -0.15) is 0 Å². The molecule has 4 rings (SSSR count). The fraction of sp³-hybridized carbons (Fsp3) is 0.259. The molecule has 0 bridgehead atoms. The third-order valence-electron chi connectivity index (χ3n) is 5.55. The van der Waals surface area contributed by atoms with Gasteiger partial charge in [0, 0.05) is 6.42 Å². The largest absolute Gasteiger partial charge is 0.462 e. The second-order valence-corrected chi connectivity index (χ2v) is 9.12. The van der Waals surface area contributed by atoms with Gasteiger partial charge in [0.2, 0.25) is 0 Å². The van der Waals surface area contributed by atoms with Gasteiger partial charge in [-0.15, -0.1) is 11.3 Å². The summed E-state index contributed by atoms with van der Waals surface area (Å²) < 4.78 is 12.1. The van der Waals surface area contributed by atoms with Crippen molar-refractivity contribution in [3.05, 3.63) is 98.4 Å². The van der Waals surface area contributed by atoms with Crippen LogP contribution in [0.25, 0.3) is 10.2 Å². The van der Waals surface area contributed by atoms with Gasteiger partial charge in [0.05, 0.1) is 37.0 Å². The van der Waals surface area contributed by atoms with Gasteiger partial charge in [-0.05, 0) is 42.2 Å². The van der Waals surface area contributed by atoms with Gasteiger partial charge in [0.25, 0.3) is 5.56 Å². The van der Waals surface area contributed by atoms with Gasteiger partial charge < -0.3 is 9.47 Å². The molecule has 0 spiro atoms. The van der Waals surface area contributed by atoms with E-state index in [9.17, 15) is 14.4 Å². The van der Waals surface area contributed by atoms with E-state index in [2.05, 4.69) is 4.98 Å². The van der Waals surface area contributed by atoms with Crippen LogP contribution >= 0.6 is 11.3 Å². The molecule has 8 heteroatoms. The molecule has 4 aromatic rings. The van der Waals surface area contributed by atoms with Crippen molar-refractivity contribution in [3.63, 3.8) is 0 Å². The molecule has 0 unspecified atom stereocenters. The van der Waals surface area contributed by atoms with E-state index in [0.717, 1.165) is 17.5 Å². The highest BCUT2D eigenvalue weighted by Crippen LogP contribution is 2.27. The van der Waals surface area contributed by atoms with E-state index in [4.69, 9.17) is 9.47 Å². The van der Waals surface area contributed by atoms with Crippen LogP contribution in [0, 0.1) is 6.92 Å². The minimum Gasteiger partial charge on any atom is -0.462 e. The summed E-state index contributed by atoms with van der Waals surface area (Å²) in [4.78, 5) is 43.2. The summed E-state index contributed by atoms with van der Waals surface area (Å²) in [6.45, 7) is 4.61. The first-order valence-corrected chi connectivity index (χ1v) is 12.2. The fourth-order valence-corrected chi connectivity index (χ4v) is 4.69. The molecule has 0 amide bonds. The average Bonchev–Trinajstić information content (AvgIpc) is 3.22. The zero-order valence-corrected chi connectivity index (χ0v) is 20.5. The summed E-state index contributed by atoms with van der Waals surface area (Å²) in [6.07, 6.45) is 2.86. The third-order valence-corrected chi connectivity index (χ3v) is 6.73. The van der Waals surface area contributed by atoms with Crippen molar-refractivity contribution in [3.8, 4) is 0 Å². The molecule has 0 fully saturated rings. The van der Waals surface area contributed by atoms with E-state index in [1.54, 1.807) is 31.2 Å². The van der Waals surface area contributed by atoms with Crippen LogP contribution in [0.15, 0.2) is 65.7 Å². The standard InChI is InChI=1S/C27H26N2O5S/c1-3-14-33-26(31)21-11-9-20(10-12-21)16-29-17-28-24-22(25(29)30)18(2)23(35-24)27(32)34-15-13-19-7-5-4-6-8-19/h4-12,17H,3,13-16H2,1-2H3. The van der Waals surface area contributed by atoms with E-state index >= 15 is 0 Å². The zero-order valence-electron chi connectivity index (χ0n) is 19.7. The van der Waals surface area contributed by atoms with Crippen LogP contribution in [0.5, 0.6) is 0 Å². The highest BCUT2D eigenvalue weighted by molar-refractivity contribution is 7.20. The first-order chi connectivity index (χ1) is 17.0. The summed E-state index contributed by atoms with van der Waals surface area (Å²) >= 11 is 1.17. The second kappa shape index (κ2) is 11.1. The quantitative estimate of drug-likeness (QED) is 0.314. The Kier molecular flexibility index (Phi) is 7.72. The number of ether oxygens (including phenoxy) is 2. The third kappa shape index (κ3) is 5.66. The molecule has 7 nitrogen and oxygen atoms in total. The molecular weight excluding hydrogens is 464 g/mol. The Hall–Kier alpha value is -3.78. The van der Waals surface area contributed by atoms with E-state index < -0.39 is 5.97 Å². The summed E-state index contributed by atoms with van der Waals surface area (Å²) in [5.74, 6) is -0.811. The number of carbonyl (C=O) groups is 2. The lowest BCUT2D eigenvalue weighted by molar-refractivity contribution is 0.0499. The number of carbonyl (C=O) groups excluding carboxylic acids is 2. The Balaban J connectivity index is 1.48. The van der Waals surface area contributed by atoms with Gasteiger partial charge in [-0.1, -0.05) is 49.4 Å². The predicted octanol–water partition coefficient (Wildman–Crippen LogP) is 4.78. The first-order valence-electron chi connectivity index (χ1n) is 11.4. The molecule has 0 atom stereocenters. The van der Waals surface area contributed by atoms with E-state index in [-0.39, 0.29) is 24.7 Å². The monoisotopic (exact) mass is 490 g/mol. The molecular formula is C27H26N2O5S. The molecule has 0 aliphatic rings. The zero-order chi connectivity index (χ0) is 24.8. The van der Waals surface area contributed by atoms with Crippen LogP contribution in [0.3, 0.4) is 0 Å². The maximum atomic E-state index is 13.2. The van der Waals surface area contributed by atoms with Crippen molar-refractivity contribution < 1.29 is 19.1 Å². The van der Waals surface area contributed by atoms with Crippen molar-refractivity contribution in [2.75, 3.05) is 13.2 Å². The fourth-order valence-electron chi connectivity index (χ4n) is 3.66. The maximum Gasteiger partial charge on any atom is 0.348 e. The number of rotatable bonds is 9. The Morgan fingerprint density at radius 1 is 0.943 bits per heavy atom. The molecule has 0 radical (unpaired) electrons. The Bertz CT molecular complexity index is 1390. The lowest BCUT2D eigenvalue weighted by atomic mass is 10.1. The second-order valence-electron chi connectivity index (χ2n) is 8.12. The molecule has 0 saturated carbocycles. The van der Waals surface area contributed by atoms with Crippen molar-refractivity contribution in [2.45, 2.75) is 33.2 Å². The number of aryl methyl sites for hydroxylation is 1. The molecule has 0 saturated heterocycles. The predicted molar refractivity (Wildman–Crippen MR) is 135 cm³/mol. The summed E-state index contributed by atoms with van der Waals surface area (Å²) in [5.41, 5.74) is 2.75. The number of hydrogen-bond donors (Lipinski definition) is 0. The van der Waals surface area contributed by atoms with Gasteiger partial charge in [-0.25, -0.2) is 14.6 Å². The summed E-state index contributed by atoms with van der Waals surface area (Å²) in [6, 6.07) is 16.7. The van der Waals surface area contributed by atoms with Crippen molar-refractivity contribution in [1.29, 1.82) is 0 Å². The molecule has 35 heavy (non-hydrogen) atoms. The van der Waals surface area contributed by atoms with Crippen molar-refractivity contribution in [1.82, 2.24) is 9.55 Å². The minimum absolute atomic E-state index is 0.224. The number of thiophene rings is 1. The Morgan fingerprint density at radius 2 is 1.66 bits per heavy atom. The molecule has 2 heterocycles. The first kappa shape index (κ1) is 24.3. The number of fused-ring (bicyclic) bond motifs is 1. The highest BCUT2D eigenvalue weighted by atomic mass is 32.1. The topological polar surface area (TPSA) is 87.5 Å². The molecule has 180 valence electrons. The minimum atomic E-state index is -0.446. The normalized spacial score (nSPS) is 10.9. The van der Waals surface area contributed by atoms with E-state index in [0.29, 0.717) is 39.2 Å². The molecule has 2 aromatic carbocycles.